The summed E-state index contributed by atoms with van der Waals surface area (Å²) in [5.74, 6) is 1.58. The fourth-order valence-electron chi connectivity index (χ4n) is 3.96. The number of aromatic nitrogens is 4. The van der Waals surface area contributed by atoms with Crippen LogP contribution in [0.4, 0.5) is 21.6 Å². The number of rotatable bonds is 6. The van der Waals surface area contributed by atoms with E-state index < -0.39 is 0 Å². The van der Waals surface area contributed by atoms with E-state index >= 15 is 0 Å². The number of fused-ring (bicyclic) bond motifs is 2. The first-order chi connectivity index (χ1) is 16.5. The van der Waals surface area contributed by atoms with Crippen molar-refractivity contribution in [1.29, 1.82) is 0 Å². The van der Waals surface area contributed by atoms with Crippen LogP contribution in [0.25, 0.3) is 16.9 Å². The summed E-state index contributed by atoms with van der Waals surface area (Å²) in [6.45, 7) is 12.1. The number of aromatic amines is 1. The van der Waals surface area contributed by atoms with E-state index in [0.29, 0.717) is 45.6 Å². The van der Waals surface area contributed by atoms with Crippen LogP contribution in [-0.4, -0.2) is 31.8 Å². The molecule has 34 heavy (non-hydrogen) atoms. The number of H-pyrrole nitrogens is 1. The van der Waals surface area contributed by atoms with E-state index in [1.54, 1.807) is 18.5 Å². The number of imidazole rings is 1. The SMILES string of the molecule is C=CC(C)c1nc(NC(C)C2=Nc3ccc(F)cc3C(=C)N2c2ccccc2)c2[nH]cnc2n1. The monoisotopic (exact) mass is 453 g/mol. The molecule has 3 heterocycles. The number of benzene rings is 2. The number of hydrogen-bond acceptors (Lipinski definition) is 6. The third kappa shape index (κ3) is 3.73. The lowest BCUT2D eigenvalue weighted by molar-refractivity contribution is 0.627. The van der Waals surface area contributed by atoms with Crippen molar-refractivity contribution < 1.29 is 4.39 Å². The van der Waals surface area contributed by atoms with Crippen molar-refractivity contribution >= 4 is 39.9 Å². The Morgan fingerprint density at radius 2 is 1.91 bits per heavy atom. The highest BCUT2D eigenvalue weighted by Gasteiger charge is 2.29. The minimum absolute atomic E-state index is 0.0358. The normalized spacial score (nSPS) is 15.0. The van der Waals surface area contributed by atoms with E-state index in [1.165, 1.54) is 12.1 Å². The Bertz CT molecular complexity index is 1420. The van der Waals surface area contributed by atoms with Crippen molar-refractivity contribution in [2.75, 3.05) is 10.2 Å². The fourth-order valence-corrected chi connectivity index (χ4v) is 3.96. The standard InChI is InChI=1S/C26H24FN7/c1-5-15(2)23-32-24-22(28-14-29-24)25(33-23)30-16(3)26-31-21-12-11-18(27)13-20(21)17(4)34(26)19-9-7-6-8-10-19/h5-16H,1,4H2,2-3H3,(H2,28,29,30,32,33). The predicted molar refractivity (Wildman–Crippen MR) is 135 cm³/mol. The Morgan fingerprint density at radius 3 is 2.68 bits per heavy atom. The van der Waals surface area contributed by atoms with Gasteiger partial charge in [0.1, 0.15) is 23.0 Å². The number of nitrogens with zero attached hydrogens (tertiary/aromatic N) is 5. The van der Waals surface area contributed by atoms with Gasteiger partial charge in [-0.1, -0.05) is 37.8 Å². The van der Waals surface area contributed by atoms with Crippen molar-refractivity contribution in [2.45, 2.75) is 25.8 Å². The first kappa shape index (κ1) is 21.5. The van der Waals surface area contributed by atoms with Crippen molar-refractivity contribution in [3.05, 3.63) is 91.3 Å². The topological polar surface area (TPSA) is 82.1 Å². The van der Waals surface area contributed by atoms with E-state index in [1.807, 2.05) is 49.1 Å². The Labute approximate surface area is 196 Å². The van der Waals surface area contributed by atoms with Crippen molar-refractivity contribution in [1.82, 2.24) is 19.9 Å². The number of nitrogens with one attached hydrogen (secondary N) is 2. The van der Waals surface area contributed by atoms with Gasteiger partial charge in [-0.3, -0.25) is 4.90 Å². The van der Waals surface area contributed by atoms with Crippen LogP contribution in [0.2, 0.25) is 0 Å². The molecular weight excluding hydrogens is 429 g/mol. The summed E-state index contributed by atoms with van der Waals surface area (Å²) in [5, 5.41) is 3.48. The summed E-state index contributed by atoms with van der Waals surface area (Å²) in [4.78, 5) is 23.6. The number of aliphatic imine (C=N–C) groups is 1. The minimum Gasteiger partial charge on any atom is -0.358 e. The number of para-hydroxylation sites is 1. The molecule has 8 heteroatoms. The van der Waals surface area contributed by atoms with E-state index in [-0.39, 0.29) is 17.8 Å². The van der Waals surface area contributed by atoms with Crippen LogP contribution >= 0.6 is 0 Å². The molecule has 0 amide bonds. The molecule has 0 spiro atoms. The van der Waals surface area contributed by atoms with Crippen molar-refractivity contribution in [3.8, 4) is 0 Å². The summed E-state index contributed by atoms with van der Waals surface area (Å²) in [6, 6.07) is 14.0. The molecule has 0 saturated carbocycles. The first-order valence-corrected chi connectivity index (χ1v) is 11.0. The zero-order chi connectivity index (χ0) is 23.8. The molecule has 0 bridgehead atoms. The van der Waals surface area contributed by atoms with Crippen molar-refractivity contribution in [3.63, 3.8) is 0 Å². The first-order valence-electron chi connectivity index (χ1n) is 11.0. The smallest absolute Gasteiger partial charge is 0.183 e. The van der Waals surface area contributed by atoms with E-state index in [4.69, 9.17) is 9.98 Å². The van der Waals surface area contributed by atoms with Gasteiger partial charge in [-0.2, -0.15) is 0 Å². The largest absolute Gasteiger partial charge is 0.358 e. The summed E-state index contributed by atoms with van der Waals surface area (Å²) in [5.41, 5.74) is 4.12. The fraction of sp³-hybridized carbons (Fsp3) is 0.154. The highest BCUT2D eigenvalue weighted by Crippen LogP contribution is 2.37. The Balaban J connectivity index is 1.60. The van der Waals surface area contributed by atoms with Gasteiger partial charge < -0.3 is 10.3 Å². The molecular formula is C26H24FN7. The zero-order valence-corrected chi connectivity index (χ0v) is 19.0. The van der Waals surface area contributed by atoms with Crippen molar-refractivity contribution in [2.24, 2.45) is 4.99 Å². The maximum absolute atomic E-state index is 14.0. The Morgan fingerprint density at radius 1 is 1.12 bits per heavy atom. The third-order valence-electron chi connectivity index (χ3n) is 5.82. The molecule has 170 valence electrons. The van der Waals surface area contributed by atoms with Gasteiger partial charge in [-0.05, 0) is 37.3 Å². The number of amidine groups is 1. The summed E-state index contributed by atoms with van der Waals surface area (Å²) in [7, 11) is 0. The number of allylic oxidation sites excluding steroid dienone is 1. The summed E-state index contributed by atoms with van der Waals surface area (Å²) >= 11 is 0. The van der Waals surface area contributed by atoms with Crippen LogP contribution in [0, 0.1) is 5.82 Å². The van der Waals surface area contributed by atoms with Gasteiger partial charge in [0.25, 0.3) is 0 Å². The van der Waals surface area contributed by atoms with Crippen LogP contribution in [-0.2, 0) is 0 Å². The van der Waals surface area contributed by atoms with Gasteiger partial charge in [-0.25, -0.2) is 24.3 Å². The molecule has 4 aromatic rings. The second kappa shape index (κ2) is 8.55. The molecule has 0 fully saturated rings. The molecule has 2 unspecified atom stereocenters. The summed E-state index contributed by atoms with van der Waals surface area (Å²) in [6.07, 6.45) is 3.39. The predicted octanol–water partition coefficient (Wildman–Crippen LogP) is 5.80. The molecule has 0 radical (unpaired) electrons. The molecule has 1 aliphatic rings. The molecule has 7 nitrogen and oxygen atoms in total. The summed E-state index contributed by atoms with van der Waals surface area (Å²) < 4.78 is 14.0. The number of hydrogen-bond donors (Lipinski definition) is 2. The van der Waals surface area contributed by atoms with Crippen LogP contribution in [0.3, 0.4) is 0 Å². The van der Waals surface area contributed by atoms with Crippen LogP contribution in [0.1, 0.15) is 31.2 Å². The van der Waals surface area contributed by atoms with Gasteiger partial charge in [0.05, 0.1) is 18.1 Å². The van der Waals surface area contributed by atoms with E-state index in [9.17, 15) is 4.39 Å². The zero-order valence-electron chi connectivity index (χ0n) is 19.0. The highest BCUT2D eigenvalue weighted by atomic mass is 19.1. The molecule has 5 rings (SSSR count). The molecule has 2 aromatic heterocycles. The maximum Gasteiger partial charge on any atom is 0.183 e. The quantitative estimate of drug-likeness (QED) is 0.361. The lowest BCUT2D eigenvalue weighted by Crippen LogP contribution is -2.42. The molecule has 2 N–H and O–H groups in total. The molecule has 2 atom stereocenters. The Kier molecular flexibility index (Phi) is 5.41. The number of halogens is 1. The highest BCUT2D eigenvalue weighted by molar-refractivity contribution is 6.16. The second-order valence-corrected chi connectivity index (χ2v) is 8.17. The van der Waals surface area contributed by atoms with Gasteiger partial charge in [-0.15, -0.1) is 6.58 Å². The van der Waals surface area contributed by atoms with E-state index in [0.717, 1.165) is 5.69 Å². The third-order valence-corrected chi connectivity index (χ3v) is 5.82. The lowest BCUT2D eigenvalue weighted by Gasteiger charge is -2.35. The average molecular weight is 454 g/mol. The van der Waals surface area contributed by atoms with Gasteiger partial charge in [0, 0.05) is 22.9 Å². The van der Waals surface area contributed by atoms with Gasteiger partial charge in [0.2, 0.25) is 0 Å². The van der Waals surface area contributed by atoms with Crippen LogP contribution < -0.4 is 10.2 Å². The molecule has 1 aliphatic heterocycles. The number of anilines is 2. The molecule has 0 aliphatic carbocycles. The maximum atomic E-state index is 14.0. The Hall–Kier alpha value is -4.33. The van der Waals surface area contributed by atoms with E-state index in [2.05, 4.69) is 33.4 Å². The minimum atomic E-state index is -0.329. The van der Waals surface area contributed by atoms with Crippen LogP contribution in [0.5, 0.6) is 0 Å². The second-order valence-electron chi connectivity index (χ2n) is 8.17. The molecule has 2 aromatic carbocycles. The van der Waals surface area contributed by atoms with Gasteiger partial charge >= 0.3 is 0 Å². The average Bonchev–Trinajstić information content (AvgIpc) is 3.33. The van der Waals surface area contributed by atoms with Crippen LogP contribution in [0.15, 0.2) is 79.1 Å². The van der Waals surface area contributed by atoms with Gasteiger partial charge in [0.15, 0.2) is 11.5 Å². The molecule has 0 saturated heterocycles. The lowest BCUT2D eigenvalue weighted by atomic mass is 10.0.